The highest BCUT2D eigenvalue weighted by Gasteiger charge is 2.22. The Balaban J connectivity index is 0.861. The van der Waals surface area contributed by atoms with E-state index in [0.717, 1.165) is 105 Å². The minimum absolute atomic E-state index is 0.747. The number of unbranched alkanes of at least 4 members (excludes halogenated alkanes) is 30. The Kier molecular flexibility index (Phi) is 25.5. The molecule has 0 aliphatic carbocycles. The van der Waals surface area contributed by atoms with Crippen molar-refractivity contribution in [2.45, 2.75) is 219 Å². The Hall–Kier alpha value is -5.36. The molecule has 2 aromatic carbocycles. The van der Waals surface area contributed by atoms with Gasteiger partial charge in [0.25, 0.3) is 0 Å². The fraction of sp³-hybridized carbons (Fsp3) is 0.529. The van der Waals surface area contributed by atoms with Crippen molar-refractivity contribution in [1.82, 2.24) is 0 Å². The van der Waals surface area contributed by atoms with Crippen molar-refractivity contribution >= 4 is 34.0 Å². The maximum Gasteiger partial charge on any atom is 0.119 e. The molecule has 0 spiro atoms. The van der Waals surface area contributed by atoms with Crippen LogP contribution in [0.1, 0.15) is 230 Å². The molecule has 5 heterocycles. The van der Waals surface area contributed by atoms with Crippen molar-refractivity contribution < 1.29 is 9.47 Å². The normalized spacial score (nSPS) is 15.5. The Morgan fingerprint density at radius 3 is 0.905 bits per heavy atom. The van der Waals surface area contributed by atoms with Crippen molar-refractivity contribution in [3.8, 4) is 11.5 Å². The van der Waals surface area contributed by atoms with Crippen LogP contribution in [0.15, 0.2) is 152 Å². The molecule has 0 atom stereocenters. The van der Waals surface area contributed by atoms with Gasteiger partial charge in [-0.25, -0.2) is 20.0 Å². The summed E-state index contributed by atoms with van der Waals surface area (Å²) in [6.45, 7) is 6.08. The summed E-state index contributed by atoms with van der Waals surface area (Å²) in [4.78, 5) is 20.6. The smallest absolute Gasteiger partial charge is 0.119 e. The molecular weight excluding hydrogens is 905 g/mol. The molecule has 6 nitrogen and oxygen atoms in total. The number of aliphatic imine (C=N–C) groups is 4. The van der Waals surface area contributed by atoms with Crippen LogP contribution in [0, 0.1) is 0 Å². The summed E-state index contributed by atoms with van der Waals surface area (Å²) in [6.07, 6.45) is 64.5. The molecule has 0 aromatic heterocycles. The molecule has 8 bridgehead atoms. The van der Waals surface area contributed by atoms with E-state index >= 15 is 0 Å². The lowest BCUT2D eigenvalue weighted by atomic mass is 9.98. The van der Waals surface area contributed by atoms with Crippen molar-refractivity contribution in [1.29, 1.82) is 0 Å². The minimum Gasteiger partial charge on any atom is -0.494 e. The second kappa shape index (κ2) is 33.5. The molecule has 6 heteroatoms. The molecule has 0 N–H and O–H groups in total. The molecule has 0 fully saturated rings. The Morgan fingerprint density at radius 1 is 0.297 bits per heavy atom. The van der Waals surface area contributed by atoms with Crippen molar-refractivity contribution in [3.05, 3.63) is 143 Å². The van der Waals surface area contributed by atoms with E-state index < -0.39 is 0 Å². The Morgan fingerprint density at radius 2 is 0.595 bits per heavy atom. The van der Waals surface area contributed by atoms with Crippen LogP contribution >= 0.6 is 0 Å². The lowest BCUT2D eigenvalue weighted by Crippen LogP contribution is -2.01. The van der Waals surface area contributed by atoms with E-state index in [9.17, 15) is 0 Å². The monoisotopic (exact) mass is 997 g/mol. The number of benzene rings is 2. The molecular formula is C68H92N4O2. The van der Waals surface area contributed by atoms with Crippen molar-refractivity contribution in [2.24, 2.45) is 20.0 Å². The number of hydrogen-bond donors (Lipinski definition) is 0. The third-order valence-electron chi connectivity index (χ3n) is 15.1. The van der Waals surface area contributed by atoms with Gasteiger partial charge in [0.2, 0.25) is 0 Å². The summed E-state index contributed by atoms with van der Waals surface area (Å²) in [7, 11) is 0. The fourth-order valence-electron chi connectivity index (χ4n) is 10.7. The van der Waals surface area contributed by atoms with E-state index in [-0.39, 0.29) is 0 Å². The summed E-state index contributed by atoms with van der Waals surface area (Å²) in [5, 5.41) is 0. The van der Waals surface area contributed by atoms with Gasteiger partial charge in [-0.1, -0.05) is 231 Å². The molecule has 5 aliphatic heterocycles. The Bertz CT molecular complexity index is 2240. The zero-order valence-electron chi connectivity index (χ0n) is 46.0. The summed E-state index contributed by atoms with van der Waals surface area (Å²) < 4.78 is 12.5. The molecule has 396 valence electrons. The van der Waals surface area contributed by atoms with E-state index in [1.54, 1.807) is 0 Å². The zero-order chi connectivity index (χ0) is 51.1. The van der Waals surface area contributed by atoms with Gasteiger partial charge in [0.15, 0.2) is 0 Å². The van der Waals surface area contributed by atoms with Crippen LogP contribution in [0.5, 0.6) is 11.5 Å². The fourth-order valence-corrected chi connectivity index (χ4v) is 10.7. The van der Waals surface area contributed by atoms with Crippen LogP contribution in [-0.2, 0) is 0 Å². The molecule has 0 unspecified atom stereocenters. The highest BCUT2D eigenvalue weighted by molar-refractivity contribution is 6.34. The standard InChI is InChI=1S/C68H92N4O2/c1-3-5-7-9-11-13-15-17-19-21-23-25-27-29-31-33-51-73-61-43-35-55(36-44-61)67-63-47-39-57(69-63)53-59-41-49-65(71-59)68(66-50-42-60(72-66)54-58-40-48-64(67)70-58)56-37-45-62(46-38-56)74-52-34-32-30-28-26-24-22-20-18-16-14-12-10-8-6-4-2/h35-50,53-54H,3-34,51-52H2,1-2H3. The first-order chi connectivity index (χ1) is 36.7. The van der Waals surface area contributed by atoms with Gasteiger partial charge in [0, 0.05) is 11.1 Å². The first-order valence-corrected chi connectivity index (χ1v) is 30.1. The molecule has 0 radical (unpaired) electrons. The number of rotatable bonds is 38. The van der Waals surface area contributed by atoms with Gasteiger partial charge in [0.05, 0.1) is 58.8 Å². The van der Waals surface area contributed by atoms with Gasteiger partial charge in [-0.3, -0.25) is 0 Å². The topological polar surface area (TPSA) is 67.9 Å². The van der Waals surface area contributed by atoms with Crippen molar-refractivity contribution in [3.63, 3.8) is 0 Å². The summed E-state index contributed by atoms with van der Waals surface area (Å²) >= 11 is 0. The predicted molar refractivity (Wildman–Crippen MR) is 319 cm³/mol. The van der Waals surface area contributed by atoms with E-state index in [1.165, 1.54) is 193 Å². The van der Waals surface area contributed by atoms with Gasteiger partial charge >= 0.3 is 0 Å². The van der Waals surface area contributed by atoms with Gasteiger partial charge in [-0.2, -0.15) is 0 Å². The molecule has 2 aromatic rings. The van der Waals surface area contributed by atoms with Gasteiger partial charge in [0.1, 0.15) is 11.5 Å². The van der Waals surface area contributed by atoms with Gasteiger partial charge < -0.3 is 9.47 Å². The SMILES string of the molecule is CCCCCCCCCCCCCCCCCCOc1ccc(C2=C3C=CC(=N3)C=C3C=CC(=N3)C(c3ccc(OCCCCCCCCCCCCCCCCCC)cc3)=C3C=CC(=N3)C=C3C=CC2=N3)cc1. The van der Waals surface area contributed by atoms with Crippen molar-refractivity contribution in [2.75, 3.05) is 13.2 Å². The first kappa shape index (κ1) is 56.4. The minimum atomic E-state index is 0.747. The van der Waals surface area contributed by atoms with Crippen LogP contribution in [0.3, 0.4) is 0 Å². The average Bonchev–Trinajstić information content (AvgIpc) is 4.27. The number of nitrogens with zero attached hydrogens (tertiary/aromatic N) is 4. The second-order valence-electron chi connectivity index (χ2n) is 21.4. The third-order valence-corrected chi connectivity index (χ3v) is 15.1. The number of allylic oxidation sites excluding steroid dienone is 12. The largest absolute Gasteiger partial charge is 0.494 e. The van der Waals surface area contributed by atoms with Crippen LogP contribution in [0.25, 0.3) is 11.1 Å². The van der Waals surface area contributed by atoms with Crippen LogP contribution in [0.4, 0.5) is 0 Å². The summed E-state index contributed by atoms with van der Waals surface area (Å²) in [5.41, 5.74) is 11.0. The molecule has 5 aliphatic rings. The molecule has 0 amide bonds. The van der Waals surface area contributed by atoms with Gasteiger partial charge in [-0.05, 0) is 109 Å². The molecule has 0 saturated heterocycles. The van der Waals surface area contributed by atoms with E-state index in [1.807, 2.05) is 0 Å². The number of ether oxygens (including phenoxy) is 2. The third kappa shape index (κ3) is 19.7. The van der Waals surface area contributed by atoms with Gasteiger partial charge in [-0.15, -0.1) is 0 Å². The summed E-state index contributed by atoms with van der Waals surface area (Å²) in [6, 6.07) is 16.9. The maximum absolute atomic E-state index is 6.23. The quantitative estimate of drug-likeness (QED) is 0.0629. The van der Waals surface area contributed by atoms with Crippen LogP contribution in [0.2, 0.25) is 0 Å². The van der Waals surface area contributed by atoms with Crippen LogP contribution in [-0.4, -0.2) is 36.1 Å². The highest BCUT2D eigenvalue weighted by Crippen LogP contribution is 2.34. The highest BCUT2D eigenvalue weighted by atomic mass is 16.5. The molecule has 74 heavy (non-hydrogen) atoms. The maximum atomic E-state index is 6.23. The van der Waals surface area contributed by atoms with E-state index in [4.69, 9.17) is 29.4 Å². The number of fused-ring (bicyclic) bond motifs is 4. The molecule has 7 rings (SSSR count). The van der Waals surface area contributed by atoms with E-state index in [0.29, 0.717) is 0 Å². The first-order valence-electron chi connectivity index (χ1n) is 30.1. The Labute approximate surface area is 448 Å². The summed E-state index contributed by atoms with van der Waals surface area (Å²) in [5.74, 6) is 1.80. The molecule has 0 saturated carbocycles. The predicted octanol–water partition coefficient (Wildman–Crippen LogP) is 19.9. The average molecular weight is 998 g/mol. The number of hydrogen-bond acceptors (Lipinski definition) is 6. The lowest BCUT2D eigenvalue weighted by Gasteiger charge is -2.11. The van der Waals surface area contributed by atoms with E-state index in [2.05, 4.69) is 123 Å². The zero-order valence-corrected chi connectivity index (χ0v) is 46.0. The lowest BCUT2D eigenvalue weighted by molar-refractivity contribution is 0.304. The van der Waals surface area contributed by atoms with Crippen LogP contribution < -0.4 is 9.47 Å². The second-order valence-corrected chi connectivity index (χ2v) is 21.4.